The fourth-order valence-electron chi connectivity index (χ4n) is 2.42. The molecule has 0 saturated carbocycles. The number of methoxy groups -OCH3 is 1. The number of hydrogen-bond acceptors (Lipinski definition) is 4. The van der Waals surface area contributed by atoms with Gasteiger partial charge >= 0.3 is 5.97 Å². The summed E-state index contributed by atoms with van der Waals surface area (Å²) in [6.45, 7) is 3.15. The van der Waals surface area contributed by atoms with Crippen LogP contribution in [0.2, 0.25) is 0 Å². The maximum Gasteiger partial charge on any atom is 0.323 e. The number of carbonyl (C=O) groups is 1. The molecule has 0 radical (unpaired) electrons. The molecule has 1 saturated heterocycles. The maximum atomic E-state index is 11.7. The molecule has 0 aromatic carbocycles. The molecular weight excluding hydrogens is 206 g/mol. The minimum absolute atomic E-state index is 0.139. The number of ether oxygens (including phenoxy) is 1. The standard InChI is InChI=1S/C12H23NO3/c1-3-4-7-11(12(15)16-2)13-8-5-6-10(13)9-14/h10-11,14H,3-9H2,1-2H3. The smallest absolute Gasteiger partial charge is 0.323 e. The van der Waals surface area contributed by atoms with Crippen LogP contribution in [0.4, 0.5) is 0 Å². The van der Waals surface area contributed by atoms with Crippen LogP contribution < -0.4 is 0 Å². The summed E-state index contributed by atoms with van der Waals surface area (Å²) < 4.78 is 4.85. The number of nitrogens with zero attached hydrogens (tertiary/aromatic N) is 1. The molecule has 2 unspecified atom stereocenters. The summed E-state index contributed by atoms with van der Waals surface area (Å²) in [5.41, 5.74) is 0. The van der Waals surface area contributed by atoms with E-state index >= 15 is 0 Å². The summed E-state index contributed by atoms with van der Waals surface area (Å²) in [7, 11) is 1.44. The maximum absolute atomic E-state index is 11.7. The fourth-order valence-corrected chi connectivity index (χ4v) is 2.42. The third-order valence-corrected chi connectivity index (χ3v) is 3.34. The van der Waals surface area contributed by atoms with Gasteiger partial charge in [0.1, 0.15) is 6.04 Å². The van der Waals surface area contributed by atoms with Gasteiger partial charge in [-0.15, -0.1) is 0 Å². The Labute approximate surface area is 97.6 Å². The summed E-state index contributed by atoms with van der Waals surface area (Å²) in [6.07, 6.45) is 4.97. The van der Waals surface area contributed by atoms with Gasteiger partial charge in [-0.3, -0.25) is 9.69 Å². The lowest BCUT2D eigenvalue weighted by atomic mass is 10.1. The average molecular weight is 229 g/mol. The van der Waals surface area contributed by atoms with Crippen LogP contribution in [-0.4, -0.2) is 48.3 Å². The van der Waals surface area contributed by atoms with Crippen molar-refractivity contribution in [1.82, 2.24) is 4.90 Å². The van der Waals surface area contributed by atoms with Crippen molar-refractivity contribution >= 4 is 5.97 Å². The zero-order valence-corrected chi connectivity index (χ0v) is 10.3. The van der Waals surface area contributed by atoms with E-state index in [0.29, 0.717) is 0 Å². The Balaban J connectivity index is 2.62. The van der Waals surface area contributed by atoms with Gasteiger partial charge < -0.3 is 9.84 Å². The largest absolute Gasteiger partial charge is 0.468 e. The number of likely N-dealkylation sites (tertiary alicyclic amines) is 1. The Morgan fingerprint density at radius 2 is 2.38 bits per heavy atom. The normalized spacial score (nSPS) is 23.3. The van der Waals surface area contributed by atoms with Gasteiger partial charge in [0.05, 0.1) is 13.7 Å². The van der Waals surface area contributed by atoms with E-state index in [4.69, 9.17) is 4.74 Å². The highest BCUT2D eigenvalue weighted by molar-refractivity contribution is 5.75. The minimum atomic E-state index is -0.162. The lowest BCUT2D eigenvalue weighted by Gasteiger charge is -2.30. The van der Waals surface area contributed by atoms with E-state index in [2.05, 4.69) is 11.8 Å². The van der Waals surface area contributed by atoms with E-state index in [0.717, 1.165) is 38.6 Å². The molecule has 1 N–H and O–H groups in total. The molecule has 2 atom stereocenters. The molecule has 1 rings (SSSR count). The summed E-state index contributed by atoms with van der Waals surface area (Å²) in [5.74, 6) is -0.159. The molecule has 1 fully saturated rings. The van der Waals surface area contributed by atoms with Crippen molar-refractivity contribution in [3.8, 4) is 0 Å². The molecule has 0 aromatic heterocycles. The number of unbranched alkanes of at least 4 members (excludes halogenated alkanes) is 1. The third-order valence-electron chi connectivity index (χ3n) is 3.34. The van der Waals surface area contributed by atoms with Crippen molar-refractivity contribution in [3.05, 3.63) is 0 Å². The summed E-state index contributed by atoms with van der Waals surface area (Å²) >= 11 is 0. The van der Waals surface area contributed by atoms with Gasteiger partial charge in [-0.2, -0.15) is 0 Å². The Morgan fingerprint density at radius 1 is 1.62 bits per heavy atom. The number of aliphatic hydroxyl groups is 1. The van der Waals surface area contributed by atoms with Crippen molar-refractivity contribution < 1.29 is 14.6 Å². The van der Waals surface area contributed by atoms with Gasteiger partial charge in [0.2, 0.25) is 0 Å². The van der Waals surface area contributed by atoms with Crippen LogP contribution in [0.25, 0.3) is 0 Å². The quantitative estimate of drug-likeness (QED) is 0.695. The molecule has 1 heterocycles. The van der Waals surface area contributed by atoms with E-state index in [1.807, 2.05) is 0 Å². The Bertz CT molecular complexity index is 220. The van der Waals surface area contributed by atoms with E-state index in [-0.39, 0.29) is 24.7 Å². The Kier molecular flexibility index (Phi) is 5.77. The van der Waals surface area contributed by atoms with E-state index in [1.54, 1.807) is 0 Å². The number of hydrogen-bond donors (Lipinski definition) is 1. The third kappa shape index (κ3) is 3.19. The first-order chi connectivity index (χ1) is 7.74. The second-order valence-corrected chi connectivity index (χ2v) is 4.40. The molecule has 1 aliphatic heterocycles. The lowest BCUT2D eigenvalue weighted by Crippen LogP contribution is -2.46. The van der Waals surface area contributed by atoms with Crippen LogP contribution in [0.5, 0.6) is 0 Å². The molecule has 1 aliphatic rings. The molecule has 16 heavy (non-hydrogen) atoms. The number of aliphatic hydroxyl groups excluding tert-OH is 1. The molecule has 0 aromatic rings. The Hall–Kier alpha value is -0.610. The highest BCUT2D eigenvalue weighted by Gasteiger charge is 2.34. The second kappa shape index (κ2) is 6.86. The highest BCUT2D eigenvalue weighted by atomic mass is 16.5. The van der Waals surface area contributed by atoms with Gasteiger partial charge in [0.25, 0.3) is 0 Å². The lowest BCUT2D eigenvalue weighted by molar-refractivity contribution is -0.148. The van der Waals surface area contributed by atoms with E-state index in [1.165, 1.54) is 7.11 Å². The first kappa shape index (κ1) is 13.5. The number of rotatable bonds is 6. The van der Waals surface area contributed by atoms with Crippen molar-refractivity contribution in [3.63, 3.8) is 0 Å². The predicted octanol–water partition coefficient (Wildman–Crippen LogP) is 1.17. The summed E-state index contributed by atoms with van der Waals surface area (Å²) in [6, 6.07) is -0.0226. The van der Waals surface area contributed by atoms with Crippen molar-refractivity contribution in [1.29, 1.82) is 0 Å². The molecule has 4 nitrogen and oxygen atoms in total. The van der Waals surface area contributed by atoms with Gasteiger partial charge in [-0.25, -0.2) is 0 Å². The molecule has 0 bridgehead atoms. The predicted molar refractivity (Wildman–Crippen MR) is 62.1 cm³/mol. The zero-order valence-electron chi connectivity index (χ0n) is 10.3. The van der Waals surface area contributed by atoms with Crippen LogP contribution in [0, 0.1) is 0 Å². The van der Waals surface area contributed by atoms with Gasteiger partial charge in [-0.1, -0.05) is 19.8 Å². The number of carbonyl (C=O) groups excluding carboxylic acids is 1. The van der Waals surface area contributed by atoms with Crippen LogP contribution in [0.3, 0.4) is 0 Å². The summed E-state index contributed by atoms with van der Waals surface area (Å²) in [5, 5.41) is 9.27. The van der Waals surface area contributed by atoms with Crippen molar-refractivity contribution in [2.75, 3.05) is 20.3 Å². The van der Waals surface area contributed by atoms with Crippen LogP contribution in [-0.2, 0) is 9.53 Å². The summed E-state index contributed by atoms with van der Waals surface area (Å²) in [4.78, 5) is 13.8. The first-order valence-electron chi connectivity index (χ1n) is 6.19. The van der Waals surface area contributed by atoms with Crippen molar-refractivity contribution in [2.45, 2.75) is 51.1 Å². The van der Waals surface area contributed by atoms with Crippen molar-refractivity contribution in [2.24, 2.45) is 0 Å². The Morgan fingerprint density at radius 3 is 2.94 bits per heavy atom. The second-order valence-electron chi connectivity index (χ2n) is 4.40. The minimum Gasteiger partial charge on any atom is -0.468 e. The SMILES string of the molecule is CCCCC(C(=O)OC)N1CCCC1CO. The van der Waals surface area contributed by atoms with Gasteiger partial charge in [-0.05, 0) is 25.8 Å². The van der Waals surface area contributed by atoms with Crippen LogP contribution in [0.1, 0.15) is 39.0 Å². The monoisotopic (exact) mass is 229 g/mol. The van der Waals surface area contributed by atoms with Gasteiger partial charge in [0, 0.05) is 6.04 Å². The zero-order chi connectivity index (χ0) is 12.0. The highest BCUT2D eigenvalue weighted by Crippen LogP contribution is 2.23. The molecule has 94 valence electrons. The molecule has 0 amide bonds. The van der Waals surface area contributed by atoms with E-state index < -0.39 is 0 Å². The molecular formula is C12H23NO3. The fraction of sp³-hybridized carbons (Fsp3) is 0.917. The topological polar surface area (TPSA) is 49.8 Å². The average Bonchev–Trinajstić information content (AvgIpc) is 2.77. The number of esters is 1. The van der Waals surface area contributed by atoms with Crippen LogP contribution in [0.15, 0.2) is 0 Å². The first-order valence-corrected chi connectivity index (χ1v) is 6.19. The molecule has 0 aliphatic carbocycles. The molecule has 4 heteroatoms. The van der Waals surface area contributed by atoms with Crippen LogP contribution >= 0.6 is 0 Å². The van der Waals surface area contributed by atoms with Gasteiger partial charge in [0.15, 0.2) is 0 Å². The van der Waals surface area contributed by atoms with E-state index in [9.17, 15) is 9.90 Å². The molecule has 0 spiro atoms.